The summed E-state index contributed by atoms with van der Waals surface area (Å²) in [5.41, 5.74) is 3.49. The lowest BCUT2D eigenvalue weighted by Crippen LogP contribution is -2.42. The third-order valence-corrected chi connectivity index (χ3v) is 6.09. The summed E-state index contributed by atoms with van der Waals surface area (Å²) >= 11 is 0. The number of nitrogens with zero attached hydrogens (tertiary/aromatic N) is 4. The van der Waals surface area contributed by atoms with Crippen LogP contribution in [0.3, 0.4) is 0 Å². The molecule has 0 fully saturated rings. The Morgan fingerprint density at radius 3 is 2.58 bits per heavy atom. The molecule has 192 valence electrons. The van der Waals surface area contributed by atoms with E-state index < -0.39 is 23.8 Å². The minimum Gasteiger partial charge on any atom is -0.384 e. The number of aliphatic imine (C=N–C) groups is 1. The van der Waals surface area contributed by atoms with Crippen LogP contribution in [0.4, 0.5) is 15.8 Å². The largest absolute Gasteiger partial charge is 0.384 e. The van der Waals surface area contributed by atoms with E-state index >= 15 is 4.39 Å². The molecule has 0 saturated carbocycles. The zero-order chi connectivity index (χ0) is 26.6. The van der Waals surface area contributed by atoms with E-state index in [4.69, 9.17) is 0 Å². The second-order valence-electron chi connectivity index (χ2n) is 8.56. The number of anilines is 2. The molecule has 2 aromatic heterocycles. The predicted molar refractivity (Wildman–Crippen MR) is 144 cm³/mol. The quantitative estimate of drug-likeness (QED) is 0.346. The molecule has 2 amide bonds. The van der Waals surface area contributed by atoms with Crippen LogP contribution in [0.2, 0.25) is 0 Å². The predicted octanol–water partition coefficient (Wildman–Crippen LogP) is 4.08. The summed E-state index contributed by atoms with van der Waals surface area (Å²) in [4.78, 5) is 35.6. The highest BCUT2D eigenvalue weighted by Crippen LogP contribution is 2.27. The zero-order valence-corrected chi connectivity index (χ0v) is 20.9. The van der Waals surface area contributed by atoms with Crippen LogP contribution in [0.25, 0.3) is 11.4 Å². The number of para-hydroxylation sites is 1. The molecule has 0 spiro atoms. The minimum atomic E-state index is -1.24. The Bertz CT molecular complexity index is 1530. The summed E-state index contributed by atoms with van der Waals surface area (Å²) < 4.78 is 16.6. The van der Waals surface area contributed by atoms with Crippen molar-refractivity contribution >= 4 is 28.9 Å². The van der Waals surface area contributed by atoms with Gasteiger partial charge in [0.2, 0.25) is 6.17 Å². The van der Waals surface area contributed by atoms with E-state index in [1.807, 2.05) is 62.4 Å². The maximum absolute atomic E-state index is 15.1. The van der Waals surface area contributed by atoms with Crippen molar-refractivity contribution in [3.05, 3.63) is 95.6 Å². The minimum absolute atomic E-state index is 0.0117. The van der Waals surface area contributed by atoms with Gasteiger partial charge >= 0.3 is 0 Å². The number of aryl methyl sites for hydroxylation is 1. The number of aromatic nitrogens is 3. The molecular formula is C28H26FN7O2. The first-order chi connectivity index (χ1) is 18.5. The Labute approximate surface area is 218 Å². The molecule has 38 heavy (non-hydrogen) atoms. The molecule has 5 rings (SSSR count). The van der Waals surface area contributed by atoms with Crippen LogP contribution in [-0.2, 0) is 11.3 Å². The third-order valence-electron chi connectivity index (χ3n) is 6.09. The van der Waals surface area contributed by atoms with Crippen LogP contribution in [0.15, 0.2) is 78.0 Å². The van der Waals surface area contributed by atoms with Gasteiger partial charge in [-0.25, -0.2) is 14.4 Å². The lowest BCUT2D eigenvalue weighted by molar-refractivity contribution is -0.117. The summed E-state index contributed by atoms with van der Waals surface area (Å²) in [5.74, 6) is -1.72. The fourth-order valence-corrected chi connectivity index (χ4v) is 4.34. The van der Waals surface area contributed by atoms with E-state index in [2.05, 4.69) is 31.0 Å². The molecule has 4 aromatic rings. The van der Waals surface area contributed by atoms with E-state index in [1.54, 1.807) is 6.07 Å². The Kier molecular flexibility index (Phi) is 6.94. The average molecular weight is 512 g/mol. The highest BCUT2D eigenvalue weighted by Gasteiger charge is 2.30. The second-order valence-corrected chi connectivity index (χ2v) is 8.56. The molecule has 3 heterocycles. The van der Waals surface area contributed by atoms with E-state index in [0.717, 1.165) is 11.1 Å². The maximum Gasteiger partial charge on any atom is 0.269 e. The van der Waals surface area contributed by atoms with Gasteiger partial charge < -0.3 is 16.0 Å². The van der Waals surface area contributed by atoms with Crippen molar-refractivity contribution in [2.75, 3.05) is 17.2 Å². The van der Waals surface area contributed by atoms with Gasteiger partial charge in [-0.3, -0.25) is 14.3 Å². The summed E-state index contributed by atoms with van der Waals surface area (Å²) in [6.07, 6.45) is 1.61. The van der Waals surface area contributed by atoms with Crippen LogP contribution in [-0.4, -0.2) is 45.0 Å². The first-order valence-corrected chi connectivity index (χ1v) is 12.3. The summed E-state index contributed by atoms with van der Waals surface area (Å²) in [6, 6.07) is 18.1. The van der Waals surface area contributed by atoms with Crippen molar-refractivity contribution in [1.82, 2.24) is 20.1 Å². The first kappa shape index (κ1) is 24.8. The van der Waals surface area contributed by atoms with E-state index in [1.165, 1.54) is 23.1 Å². The molecule has 9 nitrogen and oxygen atoms in total. The van der Waals surface area contributed by atoms with E-state index in [-0.39, 0.29) is 17.0 Å². The number of carbonyl (C=O) groups excluding carboxylic acids is 2. The molecule has 0 aliphatic carbocycles. The molecule has 1 aliphatic rings. The highest BCUT2D eigenvalue weighted by molar-refractivity contribution is 6.20. The van der Waals surface area contributed by atoms with Gasteiger partial charge in [-0.1, -0.05) is 48.5 Å². The van der Waals surface area contributed by atoms with Crippen molar-refractivity contribution in [3.8, 4) is 11.4 Å². The molecule has 0 saturated heterocycles. The fraction of sp³-hybridized carbons (Fsp3) is 0.179. The van der Waals surface area contributed by atoms with Crippen molar-refractivity contribution in [1.29, 1.82) is 0 Å². The number of halogens is 1. The van der Waals surface area contributed by atoms with Gasteiger partial charge in [0.15, 0.2) is 5.82 Å². The van der Waals surface area contributed by atoms with Gasteiger partial charge in [0.25, 0.3) is 11.8 Å². The topological polar surface area (TPSA) is 113 Å². The number of fused-ring (bicyclic) bond motifs is 1. The molecule has 0 radical (unpaired) electrons. The van der Waals surface area contributed by atoms with E-state index in [0.29, 0.717) is 30.2 Å². The Balaban J connectivity index is 1.52. The van der Waals surface area contributed by atoms with Crippen LogP contribution in [0, 0.1) is 5.82 Å². The van der Waals surface area contributed by atoms with Gasteiger partial charge in [-0.05, 0) is 19.9 Å². The Hall–Kier alpha value is -4.86. The number of pyridine rings is 1. The van der Waals surface area contributed by atoms with E-state index in [9.17, 15) is 9.59 Å². The number of benzodiazepines with no additional fused rings is 1. The van der Waals surface area contributed by atoms with Gasteiger partial charge in [0.1, 0.15) is 11.4 Å². The number of hydrogen-bond acceptors (Lipinski definition) is 6. The molecule has 1 aliphatic heterocycles. The SMILES string of the molecule is CCNc1cnc(-c2c(C(=O)N[C@H]3N=C(c4ccccc4)c4ccccc4NC3=O)cnn2CC)c(F)c1. The van der Waals surface area contributed by atoms with Crippen LogP contribution in [0.5, 0.6) is 0 Å². The van der Waals surface area contributed by atoms with Gasteiger partial charge in [-0.2, -0.15) is 5.10 Å². The fourth-order valence-electron chi connectivity index (χ4n) is 4.34. The highest BCUT2D eigenvalue weighted by atomic mass is 19.1. The lowest BCUT2D eigenvalue weighted by Gasteiger charge is -2.14. The van der Waals surface area contributed by atoms with Crippen molar-refractivity contribution < 1.29 is 14.0 Å². The van der Waals surface area contributed by atoms with Gasteiger partial charge in [0, 0.05) is 30.3 Å². The number of rotatable bonds is 7. The molecular weight excluding hydrogens is 485 g/mol. The van der Waals surface area contributed by atoms with Crippen molar-refractivity contribution in [3.63, 3.8) is 0 Å². The monoisotopic (exact) mass is 511 g/mol. The van der Waals surface area contributed by atoms with Crippen LogP contribution < -0.4 is 16.0 Å². The molecule has 0 unspecified atom stereocenters. The lowest BCUT2D eigenvalue weighted by atomic mass is 10.0. The van der Waals surface area contributed by atoms with Crippen molar-refractivity contribution in [2.45, 2.75) is 26.6 Å². The normalized spacial score (nSPS) is 14.7. The summed E-state index contributed by atoms with van der Waals surface area (Å²) in [6.45, 7) is 4.72. The molecule has 3 N–H and O–H groups in total. The van der Waals surface area contributed by atoms with Crippen LogP contribution >= 0.6 is 0 Å². The second kappa shape index (κ2) is 10.6. The number of amides is 2. The third kappa shape index (κ3) is 4.75. The first-order valence-electron chi connectivity index (χ1n) is 12.3. The number of benzene rings is 2. The van der Waals surface area contributed by atoms with Crippen molar-refractivity contribution in [2.24, 2.45) is 4.99 Å². The molecule has 1 atom stereocenters. The number of nitrogens with one attached hydrogen (secondary N) is 3. The maximum atomic E-state index is 15.1. The average Bonchev–Trinajstić information content (AvgIpc) is 3.30. The van der Waals surface area contributed by atoms with Gasteiger partial charge in [0.05, 0.1) is 35.0 Å². The molecule has 0 bridgehead atoms. The number of carbonyl (C=O) groups is 2. The molecule has 10 heteroatoms. The molecule has 2 aromatic carbocycles. The smallest absolute Gasteiger partial charge is 0.269 e. The van der Waals surface area contributed by atoms with Gasteiger partial charge in [-0.15, -0.1) is 0 Å². The standard InChI is InChI=1S/C28H26FN7O2/c1-3-30-18-14-21(29)24(31-15-18)25-20(16-32-36(25)4-2)27(37)35-26-28(38)33-22-13-9-8-12-19(22)23(34-26)17-10-6-5-7-11-17/h5-16,26,30H,3-4H2,1-2H3,(H,33,38)(H,35,37)/t26-/m1/s1. The van der Waals surface area contributed by atoms with Crippen LogP contribution in [0.1, 0.15) is 35.3 Å². The zero-order valence-electron chi connectivity index (χ0n) is 20.9. The Morgan fingerprint density at radius 2 is 1.84 bits per heavy atom. The number of hydrogen-bond donors (Lipinski definition) is 3. The summed E-state index contributed by atoms with van der Waals surface area (Å²) in [7, 11) is 0. The summed E-state index contributed by atoms with van der Waals surface area (Å²) in [5, 5.41) is 12.8. The Morgan fingerprint density at radius 1 is 1.08 bits per heavy atom.